The minimum absolute atomic E-state index is 0.267. The summed E-state index contributed by atoms with van der Waals surface area (Å²) in [4.78, 5) is 27.6. The Morgan fingerprint density at radius 1 is 1.02 bits per heavy atom. The molecule has 6 aliphatic rings. The Morgan fingerprint density at radius 2 is 1.70 bits per heavy atom. The molecule has 3 aliphatic carbocycles. The van der Waals surface area contributed by atoms with Gasteiger partial charge in [-0.1, -0.05) is 83.2 Å². The van der Waals surface area contributed by atoms with Gasteiger partial charge in [0.15, 0.2) is 17.0 Å². The molecule has 1 aromatic carbocycles. The highest BCUT2D eigenvalue weighted by Crippen LogP contribution is 2.73. The van der Waals surface area contributed by atoms with Crippen molar-refractivity contribution in [1.29, 1.82) is 0 Å². The number of epoxide rings is 1. The van der Waals surface area contributed by atoms with Crippen LogP contribution in [0.2, 0.25) is 0 Å². The summed E-state index contributed by atoms with van der Waals surface area (Å²) >= 11 is 0. The van der Waals surface area contributed by atoms with Crippen molar-refractivity contribution in [2.75, 3.05) is 6.61 Å². The van der Waals surface area contributed by atoms with Gasteiger partial charge in [-0.2, -0.15) is 0 Å². The minimum Gasteiger partial charge on any atom is -0.455 e. The summed E-state index contributed by atoms with van der Waals surface area (Å²) < 4.78 is 33.6. The predicted molar refractivity (Wildman–Crippen MR) is 169 cm³/mol. The largest absolute Gasteiger partial charge is 0.455 e. The van der Waals surface area contributed by atoms with Crippen molar-refractivity contribution in [1.82, 2.24) is 0 Å². The molecular formula is C37H48O10. The van der Waals surface area contributed by atoms with E-state index in [-0.39, 0.29) is 5.57 Å². The number of rotatable bonds is 12. The van der Waals surface area contributed by atoms with Gasteiger partial charge in [0.25, 0.3) is 5.97 Å². The third-order valence-electron chi connectivity index (χ3n) is 12.1. The van der Waals surface area contributed by atoms with Gasteiger partial charge < -0.3 is 39.0 Å². The minimum atomic E-state index is -2.38. The summed E-state index contributed by atoms with van der Waals surface area (Å²) in [6, 6.07) is 8.65. The van der Waals surface area contributed by atoms with E-state index in [0.717, 1.165) is 25.7 Å². The van der Waals surface area contributed by atoms with E-state index in [9.17, 15) is 24.9 Å². The lowest BCUT2D eigenvalue weighted by molar-refractivity contribution is -0.431. The number of ketones is 1. The van der Waals surface area contributed by atoms with Gasteiger partial charge in [-0.05, 0) is 43.5 Å². The molecule has 0 spiro atoms. The van der Waals surface area contributed by atoms with E-state index >= 15 is 0 Å². The van der Waals surface area contributed by atoms with Crippen LogP contribution in [0.1, 0.15) is 89.4 Å². The van der Waals surface area contributed by atoms with E-state index in [1.807, 2.05) is 19.9 Å². The maximum absolute atomic E-state index is 13.9. The summed E-state index contributed by atoms with van der Waals surface area (Å²) in [5.41, 5.74) is -5.69. The van der Waals surface area contributed by atoms with E-state index in [4.69, 9.17) is 23.7 Å². The van der Waals surface area contributed by atoms with Crippen LogP contribution in [0, 0.1) is 17.8 Å². The summed E-state index contributed by atoms with van der Waals surface area (Å²) in [6.45, 7) is 11.2. The second kappa shape index (κ2) is 11.3. The first kappa shape index (κ1) is 33.1. The Labute approximate surface area is 276 Å². The van der Waals surface area contributed by atoms with Gasteiger partial charge in [0.1, 0.15) is 30.0 Å². The first-order chi connectivity index (χ1) is 22.4. The Balaban J connectivity index is 1.36. The normalized spacial score (nSPS) is 45.5. The number of ether oxygens (including phenoxy) is 5. The molecule has 0 unspecified atom stereocenters. The molecule has 0 aromatic heterocycles. The fraction of sp³-hybridized carbons (Fsp3) is 0.676. The predicted octanol–water partition coefficient (Wildman–Crippen LogP) is 4.15. The van der Waals surface area contributed by atoms with Crippen molar-refractivity contribution in [2.24, 2.45) is 17.8 Å². The monoisotopic (exact) mass is 652 g/mol. The molecule has 3 heterocycles. The van der Waals surface area contributed by atoms with Crippen LogP contribution in [0.5, 0.6) is 0 Å². The fourth-order valence-corrected chi connectivity index (χ4v) is 9.80. The molecule has 10 heteroatoms. The number of unbranched alkanes of at least 4 members (excludes halogenated alkanes) is 6. The van der Waals surface area contributed by atoms with E-state index in [2.05, 4.69) is 13.5 Å². The van der Waals surface area contributed by atoms with Gasteiger partial charge in [0.05, 0.1) is 17.8 Å². The average molecular weight is 653 g/mol. The molecule has 256 valence electrons. The SMILES string of the molecule is C=C(C)[C@@]12O[C@@]3(CCCCCCCCC)O[C@@H]1[C@@H]1[C@@H]4O[C@]4(CO)[C@@H](O)[C@]4(O)C(=O)C(C)=C[C@H]4[C@@]1(O3)[C@H](C)[C@H]2OC(=O)c1ccccc1. The topological polar surface area (TPSA) is 144 Å². The van der Waals surface area contributed by atoms with Crippen molar-refractivity contribution in [2.45, 2.75) is 132 Å². The number of benzene rings is 1. The van der Waals surface area contributed by atoms with Crippen LogP contribution in [0.25, 0.3) is 0 Å². The molecule has 1 aromatic rings. The summed E-state index contributed by atoms with van der Waals surface area (Å²) in [7, 11) is 0. The average Bonchev–Trinajstić information content (AvgIpc) is 3.69. The molecule has 12 atom stereocenters. The third kappa shape index (κ3) is 4.28. The molecule has 7 rings (SSSR count). The molecule has 5 fully saturated rings. The van der Waals surface area contributed by atoms with E-state index in [1.165, 1.54) is 19.3 Å². The van der Waals surface area contributed by atoms with E-state index in [1.54, 1.807) is 37.3 Å². The third-order valence-corrected chi connectivity index (χ3v) is 12.1. The quantitative estimate of drug-likeness (QED) is 0.130. The van der Waals surface area contributed by atoms with Gasteiger partial charge in [-0.25, -0.2) is 4.79 Å². The number of Topliss-reactive ketones (excluding diaryl/α,β-unsaturated/α-hetero) is 1. The second-order valence-corrected chi connectivity index (χ2v) is 14.8. The summed E-state index contributed by atoms with van der Waals surface area (Å²) in [5, 5.41) is 35.0. The first-order valence-corrected chi connectivity index (χ1v) is 17.3. The molecule has 3 bridgehead atoms. The number of hydrogen-bond donors (Lipinski definition) is 3. The Morgan fingerprint density at radius 3 is 2.36 bits per heavy atom. The number of fused-ring (bicyclic) bond motifs is 3. The van der Waals surface area contributed by atoms with Gasteiger partial charge in [0.2, 0.25) is 0 Å². The molecular weight excluding hydrogens is 604 g/mol. The number of aliphatic hydroxyl groups excluding tert-OH is 2. The highest BCUT2D eigenvalue weighted by Gasteiger charge is 2.90. The fourth-order valence-electron chi connectivity index (χ4n) is 9.80. The lowest BCUT2D eigenvalue weighted by Gasteiger charge is -2.61. The molecule has 2 saturated carbocycles. The van der Waals surface area contributed by atoms with Crippen LogP contribution in [0.4, 0.5) is 0 Å². The maximum Gasteiger partial charge on any atom is 0.338 e. The van der Waals surface area contributed by atoms with Gasteiger partial charge in [-0.3, -0.25) is 4.79 Å². The van der Waals surface area contributed by atoms with Crippen LogP contribution < -0.4 is 0 Å². The number of esters is 1. The highest BCUT2D eigenvalue weighted by atomic mass is 16.9. The molecule has 3 aliphatic heterocycles. The van der Waals surface area contributed by atoms with Gasteiger partial charge in [0, 0.05) is 24.2 Å². The van der Waals surface area contributed by atoms with Gasteiger partial charge >= 0.3 is 5.97 Å². The smallest absolute Gasteiger partial charge is 0.338 e. The Bertz CT molecular complexity index is 1480. The van der Waals surface area contributed by atoms with Crippen molar-refractivity contribution < 1.29 is 48.6 Å². The van der Waals surface area contributed by atoms with E-state index in [0.29, 0.717) is 17.6 Å². The zero-order valence-electron chi connectivity index (χ0n) is 27.8. The van der Waals surface area contributed by atoms with Crippen molar-refractivity contribution in [3.8, 4) is 0 Å². The van der Waals surface area contributed by atoms with Gasteiger partial charge in [-0.15, -0.1) is 0 Å². The molecule has 0 amide bonds. The molecule has 3 N–H and O–H groups in total. The molecule has 3 saturated heterocycles. The number of aliphatic hydroxyl groups is 3. The Kier molecular flexibility index (Phi) is 7.95. The van der Waals surface area contributed by atoms with Crippen LogP contribution >= 0.6 is 0 Å². The maximum atomic E-state index is 13.9. The van der Waals surface area contributed by atoms with Crippen LogP contribution in [-0.4, -0.2) is 86.5 Å². The highest BCUT2D eigenvalue weighted by molar-refractivity contribution is 6.05. The number of carbonyl (C=O) groups is 2. The summed E-state index contributed by atoms with van der Waals surface area (Å²) in [5.74, 6) is -5.37. The van der Waals surface area contributed by atoms with Crippen molar-refractivity contribution in [3.05, 3.63) is 59.7 Å². The molecule has 0 radical (unpaired) electrons. The zero-order chi connectivity index (χ0) is 33.6. The van der Waals surface area contributed by atoms with Crippen LogP contribution in [0.3, 0.4) is 0 Å². The van der Waals surface area contributed by atoms with Crippen molar-refractivity contribution in [3.63, 3.8) is 0 Å². The second-order valence-electron chi connectivity index (χ2n) is 14.8. The van der Waals surface area contributed by atoms with E-state index < -0.39 is 88.9 Å². The van der Waals surface area contributed by atoms with Crippen LogP contribution in [0.15, 0.2) is 54.1 Å². The zero-order valence-corrected chi connectivity index (χ0v) is 27.8. The lowest BCUT2D eigenvalue weighted by atomic mass is 9.53. The molecule has 47 heavy (non-hydrogen) atoms. The standard InChI is InChI=1S/C37H48O10/c1-6-7-8-9-10-11-15-18-34-45-30-26-29-33(20-38,44-29)32(41)35(42)25(19-22(4)27(35)39)37(26,47-34)23(5)28(36(30,46-34)21(2)3)43-31(40)24-16-13-12-14-17-24/h12-14,16-17,19,23,25-26,28-30,32,38,41-42H,2,6-11,15,18,20H2,1,3-5H3/t23-,25-,26+,28-,29+,30-,32-,33+,34-,35-,36+,37+/m1/s1. The first-order valence-electron chi connectivity index (χ1n) is 17.3. The lowest BCUT2D eigenvalue weighted by Crippen LogP contribution is -2.76. The Hall–Kier alpha value is -2.44. The molecule has 10 nitrogen and oxygen atoms in total. The number of hydrogen-bond acceptors (Lipinski definition) is 10. The number of carbonyl (C=O) groups excluding carboxylic acids is 2. The summed E-state index contributed by atoms with van der Waals surface area (Å²) in [6.07, 6.45) is 4.91. The van der Waals surface area contributed by atoms with Crippen molar-refractivity contribution >= 4 is 11.8 Å². The van der Waals surface area contributed by atoms with Crippen LogP contribution in [-0.2, 0) is 28.5 Å².